The van der Waals surface area contributed by atoms with Gasteiger partial charge in [0.05, 0.1) is 4.88 Å². The number of hydrogen-bond acceptors (Lipinski definition) is 2. The van der Waals surface area contributed by atoms with Crippen molar-refractivity contribution in [3.05, 3.63) is 70.6 Å². The molecule has 0 aliphatic rings. The molecule has 0 spiro atoms. The van der Waals surface area contributed by atoms with E-state index in [1.807, 2.05) is 42.5 Å². The summed E-state index contributed by atoms with van der Waals surface area (Å²) in [5.74, 6) is -0.0132. The Labute approximate surface area is 135 Å². The number of alkyl halides is 1. The van der Waals surface area contributed by atoms with Crippen LogP contribution in [0.3, 0.4) is 0 Å². The van der Waals surface area contributed by atoms with E-state index in [4.69, 9.17) is 0 Å². The average Bonchev–Trinajstić information content (AvgIpc) is 2.97. The molecule has 4 heteroatoms. The monoisotopic (exact) mass is 359 g/mol. The predicted molar refractivity (Wildman–Crippen MR) is 92.1 cm³/mol. The number of carbonyl (C=O) groups excluding carboxylic acids is 1. The molecule has 106 valence electrons. The van der Waals surface area contributed by atoms with Crippen LogP contribution in [0.4, 0.5) is 0 Å². The van der Waals surface area contributed by atoms with Crippen molar-refractivity contribution < 1.29 is 4.79 Å². The summed E-state index contributed by atoms with van der Waals surface area (Å²) in [6.07, 6.45) is 0. The van der Waals surface area contributed by atoms with Crippen molar-refractivity contribution in [1.29, 1.82) is 0 Å². The van der Waals surface area contributed by atoms with Crippen LogP contribution < -0.4 is 5.32 Å². The van der Waals surface area contributed by atoms with Gasteiger partial charge in [-0.25, -0.2) is 0 Å². The third-order valence-corrected chi connectivity index (χ3v) is 5.04. The molecule has 0 aliphatic carbocycles. The summed E-state index contributed by atoms with van der Waals surface area (Å²) in [5, 5.41) is 4.94. The van der Waals surface area contributed by atoms with E-state index in [0.717, 1.165) is 25.9 Å². The smallest absolute Gasteiger partial charge is 0.261 e. The van der Waals surface area contributed by atoms with Crippen LogP contribution in [0.25, 0.3) is 10.1 Å². The Hall–Kier alpha value is -1.65. The Morgan fingerprint density at radius 2 is 1.76 bits per heavy atom. The van der Waals surface area contributed by atoms with Crippen molar-refractivity contribution >= 4 is 43.3 Å². The van der Waals surface area contributed by atoms with E-state index >= 15 is 0 Å². The van der Waals surface area contributed by atoms with Crippen LogP contribution in [0.5, 0.6) is 0 Å². The lowest BCUT2D eigenvalue weighted by Gasteiger charge is -2.04. The van der Waals surface area contributed by atoms with Gasteiger partial charge in [0, 0.05) is 16.6 Å². The zero-order valence-electron chi connectivity index (χ0n) is 11.3. The van der Waals surface area contributed by atoms with Gasteiger partial charge in [-0.2, -0.15) is 0 Å². The minimum absolute atomic E-state index is 0.0132. The standard InChI is InChI=1S/C17H14BrNOS/c18-10-12-5-7-13(8-6-12)11-19-17(20)16-9-14-3-1-2-4-15(14)21-16/h1-9H,10-11H2,(H,19,20). The molecule has 0 radical (unpaired) electrons. The molecule has 0 unspecified atom stereocenters. The number of carbonyl (C=O) groups is 1. The number of nitrogens with one attached hydrogen (secondary N) is 1. The Bertz CT molecular complexity index is 731. The summed E-state index contributed by atoms with van der Waals surface area (Å²) in [6, 6.07) is 18.2. The number of halogens is 1. The minimum atomic E-state index is -0.0132. The molecule has 3 aromatic rings. The quantitative estimate of drug-likeness (QED) is 0.670. The highest BCUT2D eigenvalue weighted by Gasteiger charge is 2.09. The van der Waals surface area contributed by atoms with Crippen LogP contribution in [0.1, 0.15) is 20.8 Å². The molecule has 21 heavy (non-hydrogen) atoms. The molecule has 1 amide bonds. The fraction of sp³-hybridized carbons (Fsp3) is 0.118. The molecule has 0 saturated heterocycles. The molecule has 0 fully saturated rings. The van der Waals surface area contributed by atoms with E-state index in [9.17, 15) is 4.79 Å². The number of fused-ring (bicyclic) bond motifs is 1. The van der Waals surface area contributed by atoms with E-state index in [0.29, 0.717) is 6.54 Å². The van der Waals surface area contributed by atoms with E-state index in [2.05, 4.69) is 33.4 Å². The first kappa shape index (κ1) is 14.3. The molecule has 0 aliphatic heterocycles. The largest absolute Gasteiger partial charge is 0.347 e. The molecule has 0 bridgehead atoms. The third-order valence-electron chi connectivity index (χ3n) is 3.28. The fourth-order valence-electron chi connectivity index (χ4n) is 2.11. The lowest BCUT2D eigenvalue weighted by atomic mass is 10.1. The summed E-state index contributed by atoms with van der Waals surface area (Å²) in [6.45, 7) is 0.551. The first-order chi connectivity index (χ1) is 10.3. The molecule has 1 heterocycles. The van der Waals surface area contributed by atoms with Crippen molar-refractivity contribution in [3.8, 4) is 0 Å². The Kier molecular flexibility index (Phi) is 4.36. The highest BCUT2D eigenvalue weighted by molar-refractivity contribution is 9.08. The van der Waals surface area contributed by atoms with Gasteiger partial charge in [0.2, 0.25) is 0 Å². The molecule has 0 saturated carbocycles. The van der Waals surface area contributed by atoms with Crippen LogP contribution in [0.2, 0.25) is 0 Å². The van der Waals surface area contributed by atoms with Crippen LogP contribution in [-0.2, 0) is 11.9 Å². The maximum Gasteiger partial charge on any atom is 0.261 e. The molecule has 0 atom stereocenters. The van der Waals surface area contributed by atoms with E-state index in [-0.39, 0.29) is 5.91 Å². The van der Waals surface area contributed by atoms with Gasteiger partial charge < -0.3 is 5.32 Å². The SMILES string of the molecule is O=C(NCc1ccc(CBr)cc1)c1cc2ccccc2s1. The highest BCUT2D eigenvalue weighted by atomic mass is 79.9. The van der Waals surface area contributed by atoms with Gasteiger partial charge in [-0.05, 0) is 28.6 Å². The lowest BCUT2D eigenvalue weighted by molar-refractivity contribution is 0.0955. The molecule has 3 rings (SSSR count). The summed E-state index contributed by atoms with van der Waals surface area (Å²) in [4.78, 5) is 13.0. The third kappa shape index (κ3) is 3.34. The first-order valence-corrected chi connectivity index (χ1v) is 8.60. The number of hydrogen-bond donors (Lipinski definition) is 1. The molecular weight excluding hydrogens is 346 g/mol. The molecule has 2 nitrogen and oxygen atoms in total. The minimum Gasteiger partial charge on any atom is -0.347 e. The number of amides is 1. The van der Waals surface area contributed by atoms with Gasteiger partial charge in [-0.1, -0.05) is 58.4 Å². The van der Waals surface area contributed by atoms with Crippen LogP contribution in [0.15, 0.2) is 54.6 Å². The van der Waals surface area contributed by atoms with Gasteiger partial charge in [0.15, 0.2) is 0 Å². The zero-order valence-corrected chi connectivity index (χ0v) is 13.7. The van der Waals surface area contributed by atoms with E-state index < -0.39 is 0 Å². The second-order valence-corrected chi connectivity index (χ2v) is 6.43. The van der Waals surface area contributed by atoms with Crippen LogP contribution in [0, 0.1) is 0 Å². The Morgan fingerprint density at radius 1 is 1.05 bits per heavy atom. The average molecular weight is 360 g/mol. The number of rotatable bonds is 4. The maximum atomic E-state index is 12.2. The number of benzene rings is 2. The molecule has 1 N–H and O–H groups in total. The summed E-state index contributed by atoms with van der Waals surface area (Å²) in [7, 11) is 0. The summed E-state index contributed by atoms with van der Waals surface area (Å²) < 4.78 is 1.14. The van der Waals surface area contributed by atoms with E-state index in [1.165, 1.54) is 16.9 Å². The highest BCUT2D eigenvalue weighted by Crippen LogP contribution is 2.25. The zero-order chi connectivity index (χ0) is 14.7. The van der Waals surface area contributed by atoms with Gasteiger partial charge in [0.1, 0.15) is 0 Å². The van der Waals surface area contributed by atoms with Gasteiger partial charge in [0.25, 0.3) is 5.91 Å². The van der Waals surface area contributed by atoms with Crippen molar-refractivity contribution in [2.24, 2.45) is 0 Å². The lowest BCUT2D eigenvalue weighted by Crippen LogP contribution is -2.21. The van der Waals surface area contributed by atoms with Gasteiger partial charge in [-0.15, -0.1) is 11.3 Å². The molecular formula is C17H14BrNOS. The fourth-order valence-corrected chi connectivity index (χ4v) is 3.46. The van der Waals surface area contributed by atoms with Crippen molar-refractivity contribution in [2.45, 2.75) is 11.9 Å². The van der Waals surface area contributed by atoms with Crippen LogP contribution >= 0.6 is 27.3 Å². The van der Waals surface area contributed by atoms with Crippen LogP contribution in [-0.4, -0.2) is 5.91 Å². The second-order valence-electron chi connectivity index (χ2n) is 4.78. The maximum absolute atomic E-state index is 12.2. The van der Waals surface area contributed by atoms with Crippen molar-refractivity contribution in [1.82, 2.24) is 5.32 Å². The normalized spacial score (nSPS) is 10.7. The van der Waals surface area contributed by atoms with Crippen molar-refractivity contribution in [2.75, 3.05) is 0 Å². The van der Waals surface area contributed by atoms with E-state index in [1.54, 1.807) is 0 Å². The predicted octanol–water partition coefficient (Wildman–Crippen LogP) is 4.73. The van der Waals surface area contributed by atoms with Gasteiger partial charge in [-0.3, -0.25) is 4.79 Å². The van der Waals surface area contributed by atoms with Crippen molar-refractivity contribution in [3.63, 3.8) is 0 Å². The first-order valence-electron chi connectivity index (χ1n) is 6.67. The topological polar surface area (TPSA) is 29.1 Å². The second kappa shape index (κ2) is 6.41. The van der Waals surface area contributed by atoms with Gasteiger partial charge >= 0.3 is 0 Å². The number of thiophene rings is 1. The summed E-state index contributed by atoms with van der Waals surface area (Å²) >= 11 is 4.95. The summed E-state index contributed by atoms with van der Waals surface area (Å²) in [5.41, 5.74) is 2.34. The molecule has 2 aromatic carbocycles. The Balaban J connectivity index is 1.68. The molecule has 1 aromatic heterocycles. The Morgan fingerprint density at radius 3 is 2.48 bits per heavy atom.